The van der Waals surface area contributed by atoms with E-state index in [9.17, 15) is 31.4 Å². The zero-order chi connectivity index (χ0) is 22.9. The second-order valence-corrected chi connectivity index (χ2v) is 7.61. The number of hydrogen-bond acceptors (Lipinski definition) is 4. The fraction of sp³-hybridized carbons (Fsp3) is 0.579. The normalized spacial score (nSPS) is 17.3. The van der Waals surface area contributed by atoms with Crippen molar-refractivity contribution in [2.24, 2.45) is 22.0 Å². The lowest BCUT2D eigenvalue weighted by Gasteiger charge is -2.33. The van der Waals surface area contributed by atoms with E-state index in [-0.39, 0.29) is 24.1 Å². The summed E-state index contributed by atoms with van der Waals surface area (Å²) in [5.41, 5.74) is -6.05. The van der Waals surface area contributed by atoms with Crippen LogP contribution < -0.4 is 4.90 Å². The highest BCUT2D eigenvalue weighted by atomic mass is 19.4. The third-order valence-corrected chi connectivity index (χ3v) is 4.33. The van der Waals surface area contributed by atoms with Crippen molar-refractivity contribution in [3.63, 3.8) is 0 Å². The molecule has 0 bridgehead atoms. The van der Waals surface area contributed by atoms with Crippen molar-refractivity contribution >= 4 is 17.4 Å². The lowest BCUT2D eigenvalue weighted by molar-refractivity contribution is -0.376. The Labute approximate surface area is 170 Å². The highest BCUT2D eigenvalue weighted by molar-refractivity contribution is 6.23. The average Bonchev–Trinajstić information content (AvgIpc) is 3.03. The Kier molecular flexibility index (Phi) is 6.75. The first-order valence-electron chi connectivity index (χ1n) is 9.19. The van der Waals surface area contributed by atoms with E-state index in [2.05, 4.69) is 10.1 Å². The SMILES string of the molecule is CC(C)CO/N=C1/CN=C(C(C)C)N1c1ccc(C(O)(C(F)(F)F)C(F)(F)F)cc1. The summed E-state index contributed by atoms with van der Waals surface area (Å²) >= 11 is 0. The molecular weight excluding hydrogens is 416 g/mol. The number of aliphatic imine (C=N–C) groups is 1. The van der Waals surface area contributed by atoms with Gasteiger partial charge in [-0.1, -0.05) is 45.0 Å². The molecule has 1 N–H and O–H groups in total. The summed E-state index contributed by atoms with van der Waals surface area (Å²) in [4.78, 5) is 11.1. The summed E-state index contributed by atoms with van der Waals surface area (Å²) in [7, 11) is 0. The molecule has 30 heavy (non-hydrogen) atoms. The third kappa shape index (κ3) is 4.55. The molecule has 1 heterocycles. The molecule has 0 saturated carbocycles. The molecular formula is C19H23F6N3O2. The fourth-order valence-electron chi connectivity index (χ4n) is 2.82. The van der Waals surface area contributed by atoms with Crippen molar-refractivity contribution in [1.82, 2.24) is 0 Å². The summed E-state index contributed by atoms with van der Waals surface area (Å²) in [6.45, 7) is 8.00. The van der Waals surface area contributed by atoms with Gasteiger partial charge in [0, 0.05) is 17.2 Å². The van der Waals surface area contributed by atoms with Crippen LogP contribution in [0.2, 0.25) is 0 Å². The van der Waals surface area contributed by atoms with Gasteiger partial charge in [0.15, 0.2) is 5.84 Å². The molecule has 1 aromatic carbocycles. The highest BCUT2D eigenvalue weighted by Crippen LogP contribution is 2.50. The van der Waals surface area contributed by atoms with Crippen LogP contribution in [0.25, 0.3) is 0 Å². The Balaban J connectivity index is 2.43. The van der Waals surface area contributed by atoms with Crippen LogP contribution in [0.15, 0.2) is 34.4 Å². The summed E-state index contributed by atoms with van der Waals surface area (Å²) in [5.74, 6) is 1.01. The monoisotopic (exact) mass is 439 g/mol. The Morgan fingerprint density at radius 3 is 2.00 bits per heavy atom. The van der Waals surface area contributed by atoms with Gasteiger partial charge in [-0.25, -0.2) is 0 Å². The molecule has 0 aromatic heterocycles. The first kappa shape index (κ1) is 24.0. The average molecular weight is 439 g/mol. The van der Waals surface area contributed by atoms with Gasteiger partial charge in [0.1, 0.15) is 19.0 Å². The number of nitrogens with zero attached hydrogens (tertiary/aromatic N) is 3. The van der Waals surface area contributed by atoms with Gasteiger partial charge in [0.2, 0.25) is 0 Å². The molecule has 11 heteroatoms. The molecule has 0 unspecified atom stereocenters. The number of anilines is 1. The van der Waals surface area contributed by atoms with Gasteiger partial charge in [0.05, 0.1) is 0 Å². The Morgan fingerprint density at radius 2 is 1.57 bits per heavy atom. The second kappa shape index (κ2) is 8.44. The number of hydrogen-bond donors (Lipinski definition) is 1. The Hall–Kier alpha value is -2.30. The van der Waals surface area contributed by atoms with E-state index in [4.69, 9.17) is 4.84 Å². The fourth-order valence-corrected chi connectivity index (χ4v) is 2.82. The minimum atomic E-state index is -5.94. The van der Waals surface area contributed by atoms with Gasteiger partial charge >= 0.3 is 12.4 Å². The van der Waals surface area contributed by atoms with E-state index in [1.54, 1.807) is 0 Å². The van der Waals surface area contributed by atoms with Gasteiger partial charge < -0.3 is 9.94 Å². The number of alkyl halides is 6. The number of benzene rings is 1. The summed E-state index contributed by atoms with van der Waals surface area (Å²) in [6, 6.07) is 3.30. The van der Waals surface area contributed by atoms with Crippen LogP contribution in [-0.4, -0.2) is 42.3 Å². The molecule has 5 nitrogen and oxygen atoms in total. The maximum Gasteiger partial charge on any atom is 0.430 e. The van der Waals surface area contributed by atoms with Crippen molar-refractivity contribution in [2.75, 3.05) is 18.1 Å². The zero-order valence-corrected chi connectivity index (χ0v) is 16.8. The van der Waals surface area contributed by atoms with Crippen molar-refractivity contribution in [3.8, 4) is 0 Å². The predicted octanol–water partition coefficient (Wildman–Crippen LogP) is 4.86. The van der Waals surface area contributed by atoms with Crippen LogP contribution in [-0.2, 0) is 10.4 Å². The molecule has 0 spiro atoms. The van der Waals surface area contributed by atoms with Crippen LogP contribution in [0.4, 0.5) is 32.0 Å². The minimum Gasteiger partial charge on any atom is -0.394 e. The molecule has 0 aliphatic carbocycles. The molecule has 2 rings (SSSR count). The van der Waals surface area contributed by atoms with Gasteiger partial charge in [-0.3, -0.25) is 9.89 Å². The number of aliphatic hydroxyl groups is 1. The van der Waals surface area contributed by atoms with Gasteiger partial charge in [-0.05, 0) is 18.1 Å². The lowest BCUT2D eigenvalue weighted by atomic mass is 9.92. The van der Waals surface area contributed by atoms with Crippen molar-refractivity contribution < 1.29 is 36.3 Å². The molecule has 1 aliphatic rings. The molecule has 1 aromatic rings. The Bertz CT molecular complexity index is 784. The molecule has 0 radical (unpaired) electrons. The van der Waals surface area contributed by atoms with Crippen molar-refractivity contribution in [2.45, 2.75) is 45.6 Å². The molecule has 1 aliphatic heterocycles. The van der Waals surface area contributed by atoms with Crippen LogP contribution in [0, 0.1) is 11.8 Å². The quantitative estimate of drug-likeness (QED) is 0.509. The van der Waals surface area contributed by atoms with E-state index in [0.29, 0.717) is 30.4 Å². The summed E-state index contributed by atoms with van der Waals surface area (Å²) in [5, 5.41) is 13.6. The molecule has 0 amide bonds. The largest absolute Gasteiger partial charge is 0.430 e. The van der Waals surface area contributed by atoms with E-state index in [1.807, 2.05) is 27.7 Å². The van der Waals surface area contributed by atoms with E-state index in [1.165, 1.54) is 4.90 Å². The van der Waals surface area contributed by atoms with Crippen molar-refractivity contribution in [1.29, 1.82) is 0 Å². The Morgan fingerprint density at radius 1 is 1.03 bits per heavy atom. The number of oxime groups is 1. The lowest BCUT2D eigenvalue weighted by Crippen LogP contribution is -2.53. The van der Waals surface area contributed by atoms with Crippen LogP contribution >= 0.6 is 0 Å². The van der Waals surface area contributed by atoms with Gasteiger partial charge in [0.25, 0.3) is 5.60 Å². The highest BCUT2D eigenvalue weighted by Gasteiger charge is 2.71. The van der Waals surface area contributed by atoms with E-state index >= 15 is 0 Å². The number of rotatable bonds is 6. The maximum atomic E-state index is 13.1. The smallest absolute Gasteiger partial charge is 0.394 e. The van der Waals surface area contributed by atoms with E-state index in [0.717, 1.165) is 12.1 Å². The topological polar surface area (TPSA) is 57.4 Å². The second-order valence-electron chi connectivity index (χ2n) is 7.61. The van der Waals surface area contributed by atoms with Crippen LogP contribution in [0.1, 0.15) is 33.3 Å². The molecule has 168 valence electrons. The first-order valence-corrected chi connectivity index (χ1v) is 9.19. The maximum absolute atomic E-state index is 13.1. The zero-order valence-electron chi connectivity index (χ0n) is 16.8. The van der Waals surface area contributed by atoms with E-state index < -0.39 is 23.5 Å². The summed E-state index contributed by atoms with van der Waals surface area (Å²) < 4.78 is 78.5. The van der Waals surface area contributed by atoms with Gasteiger partial charge in [-0.2, -0.15) is 26.3 Å². The van der Waals surface area contributed by atoms with Crippen molar-refractivity contribution in [3.05, 3.63) is 29.8 Å². The van der Waals surface area contributed by atoms with Crippen LogP contribution in [0.3, 0.4) is 0 Å². The number of amidine groups is 2. The minimum absolute atomic E-state index is 0.0928. The molecule has 0 saturated heterocycles. The summed E-state index contributed by atoms with van der Waals surface area (Å²) in [6.07, 6.45) is -11.9. The standard InChI is InChI=1S/C19H23F6N3O2/c1-11(2)10-30-27-15-9-26-16(12(3)4)28(15)14-7-5-13(6-8-14)17(29,18(20,21)22)19(23,24)25/h5-8,11-12,29H,9-10H2,1-4H3/b27-15-. The van der Waals surface area contributed by atoms with Gasteiger partial charge in [-0.15, -0.1) is 0 Å². The van der Waals surface area contributed by atoms with Crippen LogP contribution in [0.5, 0.6) is 0 Å². The number of halogens is 6. The third-order valence-electron chi connectivity index (χ3n) is 4.33. The first-order chi connectivity index (χ1) is 13.7. The predicted molar refractivity (Wildman–Crippen MR) is 100 cm³/mol. The molecule has 0 atom stereocenters. The molecule has 0 fully saturated rings.